The molecule has 1 amide bonds. The first-order valence-electron chi connectivity index (χ1n) is 5.70. The number of nitrogens with zero attached hydrogens (tertiary/aromatic N) is 2. The Balaban J connectivity index is 1.74. The van der Waals surface area contributed by atoms with Gasteiger partial charge in [0.2, 0.25) is 0 Å². The van der Waals surface area contributed by atoms with Gasteiger partial charge >= 0.3 is 0 Å². The SMILES string of the molecule is CC1(CNCCn2ccnc2C(N)=O)COC1. The maximum absolute atomic E-state index is 11.0. The minimum Gasteiger partial charge on any atom is -0.380 e. The van der Waals surface area contributed by atoms with Gasteiger partial charge in [-0.25, -0.2) is 4.98 Å². The van der Waals surface area contributed by atoms with Crippen molar-refractivity contribution in [2.24, 2.45) is 11.1 Å². The van der Waals surface area contributed by atoms with E-state index in [1.807, 2.05) is 0 Å². The van der Waals surface area contributed by atoms with E-state index < -0.39 is 5.91 Å². The Kier molecular flexibility index (Phi) is 3.44. The Labute approximate surface area is 100 Å². The number of amides is 1. The van der Waals surface area contributed by atoms with E-state index >= 15 is 0 Å². The molecule has 0 aromatic carbocycles. The fourth-order valence-electron chi connectivity index (χ4n) is 1.86. The van der Waals surface area contributed by atoms with Crippen molar-refractivity contribution in [3.05, 3.63) is 18.2 Å². The molecule has 94 valence electrons. The van der Waals surface area contributed by atoms with E-state index in [0.717, 1.165) is 26.3 Å². The summed E-state index contributed by atoms with van der Waals surface area (Å²) in [6, 6.07) is 0. The second kappa shape index (κ2) is 4.85. The third-order valence-electron chi connectivity index (χ3n) is 2.92. The number of primary amides is 1. The van der Waals surface area contributed by atoms with Gasteiger partial charge in [0, 0.05) is 37.4 Å². The fourth-order valence-corrected chi connectivity index (χ4v) is 1.86. The molecule has 0 bridgehead atoms. The lowest BCUT2D eigenvalue weighted by Crippen LogP contribution is -2.47. The summed E-state index contributed by atoms with van der Waals surface area (Å²) in [6.07, 6.45) is 3.34. The van der Waals surface area contributed by atoms with Crippen LogP contribution in [0.2, 0.25) is 0 Å². The third-order valence-corrected chi connectivity index (χ3v) is 2.92. The van der Waals surface area contributed by atoms with Gasteiger partial charge in [-0.2, -0.15) is 0 Å². The van der Waals surface area contributed by atoms with Gasteiger partial charge in [-0.15, -0.1) is 0 Å². The number of ether oxygens (including phenoxy) is 1. The second-order valence-corrected chi connectivity index (χ2v) is 4.79. The maximum Gasteiger partial charge on any atom is 0.284 e. The van der Waals surface area contributed by atoms with E-state index in [1.54, 1.807) is 17.0 Å². The Morgan fingerprint density at radius 1 is 1.71 bits per heavy atom. The molecule has 0 spiro atoms. The molecule has 1 aliphatic heterocycles. The van der Waals surface area contributed by atoms with E-state index in [9.17, 15) is 4.79 Å². The number of hydrogen-bond acceptors (Lipinski definition) is 4. The van der Waals surface area contributed by atoms with E-state index in [-0.39, 0.29) is 5.41 Å². The lowest BCUT2D eigenvalue weighted by atomic mass is 9.89. The fraction of sp³-hybridized carbons (Fsp3) is 0.636. The van der Waals surface area contributed by atoms with E-state index in [0.29, 0.717) is 12.4 Å². The summed E-state index contributed by atoms with van der Waals surface area (Å²) in [5.74, 6) is -0.181. The Morgan fingerprint density at radius 3 is 3.06 bits per heavy atom. The highest BCUT2D eigenvalue weighted by Gasteiger charge is 2.32. The van der Waals surface area contributed by atoms with Gasteiger partial charge in [0.15, 0.2) is 5.82 Å². The molecule has 17 heavy (non-hydrogen) atoms. The summed E-state index contributed by atoms with van der Waals surface area (Å²) in [6.45, 7) is 6.22. The van der Waals surface area contributed by atoms with Gasteiger partial charge in [-0.3, -0.25) is 4.79 Å². The Morgan fingerprint density at radius 2 is 2.47 bits per heavy atom. The average molecular weight is 238 g/mol. The minimum atomic E-state index is -0.491. The molecule has 6 nitrogen and oxygen atoms in total. The van der Waals surface area contributed by atoms with Crippen molar-refractivity contribution in [3.63, 3.8) is 0 Å². The molecule has 6 heteroatoms. The zero-order valence-electron chi connectivity index (χ0n) is 9.98. The van der Waals surface area contributed by atoms with Crippen LogP contribution in [0.5, 0.6) is 0 Å². The summed E-state index contributed by atoms with van der Waals surface area (Å²) < 4.78 is 6.93. The normalized spacial score (nSPS) is 17.7. The molecule has 0 saturated carbocycles. The number of aromatic nitrogens is 2. The highest BCUT2D eigenvalue weighted by molar-refractivity contribution is 5.89. The van der Waals surface area contributed by atoms with Crippen molar-refractivity contribution < 1.29 is 9.53 Å². The van der Waals surface area contributed by atoms with Crippen molar-refractivity contribution in [1.82, 2.24) is 14.9 Å². The number of rotatable bonds is 6. The second-order valence-electron chi connectivity index (χ2n) is 4.79. The van der Waals surface area contributed by atoms with Crippen molar-refractivity contribution in [1.29, 1.82) is 0 Å². The molecule has 1 aliphatic rings. The zero-order chi connectivity index (χ0) is 12.3. The summed E-state index contributed by atoms with van der Waals surface area (Å²) in [5, 5.41) is 3.35. The first-order chi connectivity index (χ1) is 8.11. The molecule has 2 heterocycles. The van der Waals surface area contributed by atoms with Crippen LogP contribution in [0.1, 0.15) is 17.5 Å². The molecule has 0 atom stereocenters. The van der Waals surface area contributed by atoms with Crippen LogP contribution in [0.25, 0.3) is 0 Å². The van der Waals surface area contributed by atoms with Crippen molar-refractivity contribution in [2.75, 3.05) is 26.3 Å². The van der Waals surface area contributed by atoms with Gasteiger partial charge in [0.25, 0.3) is 5.91 Å². The quantitative estimate of drug-likeness (QED) is 0.661. The summed E-state index contributed by atoms with van der Waals surface area (Å²) in [4.78, 5) is 14.9. The maximum atomic E-state index is 11.0. The summed E-state index contributed by atoms with van der Waals surface area (Å²) in [7, 11) is 0. The van der Waals surface area contributed by atoms with Gasteiger partial charge in [0.05, 0.1) is 13.2 Å². The van der Waals surface area contributed by atoms with Crippen LogP contribution in [0.15, 0.2) is 12.4 Å². The van der Waals surface area contributed by atoms with Crippen LogP contribution in [-0.2, 0) is 11.3 Å². The molecule has 1 aromatic heterocycles. The molecule has 1 fully saturated rings. The highest BCUT2D eigenvalue weighted by atomic mass is 16.5. The molecule has 0 unspecified atom stereocenters. The molecule has 1 saturated heterocycles. The number of hydrogen-bond donors (Lipinski definition) is 2. The van der Waals surface area contributed by atoms with Crippen LogP contribution in [0.3, 0.4) is 0 Å². The molecule has 2 rings (SSSR count). The lowest BCUT2D eigenvalue weighted by molar-refractivity contribution is -0.0989. The van der Waals surface area contributed by atoms with Gasteiger partial charge in [0.1, 0.15) is 0 Å². The first-order valence-corrected chi connectivity index (χ1v) is 5.70. The number of imidazole rings is 1. The summed E-state index contributed by atoms with van der Waals surface area (Å²) >= 11 is 0. The average Bonchev–Trinajstić information content (AvgIpc) is 2.70. The predicted octanol–water partition coefficient (Wildman–Crippen LogP) is -0.392. The molecular weight excluding hydrogens is 220 g/mol. The third kappa shape index (κ3) is 2.83. The molecule has 0 radical (unpaired) electrons. The first kappa shape index (κ1) is 12.1. The van der Waals surface area contributed by atoms with Crippen molar-refractivity contribution in [3.8, 4) is 0 Å². The van der Waals surface area contributed by atoms with E-state index in [4.69, 9.17) is 10.5 Å². The van der Waals surface area contributed by atoms with Crippen LogP contribution in [0.4, 0.5) is 0 Å². The summed E-state index contributed by atoms with van der Waals surface area (Å²) in [5.41, 5.74) is 5.47. The zero-order valence-corrected chi connectivity index (χ0v) is 9.98. The number of nitrogens with one attached hydrogen (secondary N) is 1. The topological polar surface area (TPSA) is 82.2 Å². The van der Waals surface area contributed by atoms with Gasteiger partial charge in [-0.05, 0) is 0 Å². The van der Waals surface area contributed by atoms with Crippen LogP contribution in [0, 0.1) is 5.41 Å². The predicted molar refractivity (Wildman–Crippen MR) is 62.5 cm³/mol. The van der Waals surface area contributed by atoms with Crippen molar-refractivity contribution in [2.45, 2.75) is 13.5 Å². The smallest absolute Gasteiger partial charge is 0.284 e. The van der Waals surface area contributed by atoms with Crippen LogP contribution < -0.4 is 11.1 Å². The number of nitrogens with two attached hydrogens (primary N) is 1. The molecular formula is C11H18N4O2. The van der Waals surface area contributed by atoms with E-state index in [2.05, 4.69) is 17.2 Å². The Hall–Kier alpha value is -1.40. The lowest BCUT2D eigenvalue weighted by Gasteiger charge is -2.38. The number of carbonyl (C=O) groups is 1. The molecule has 0 aliphatic carbocycles. The van der Waals surface area contributed by atoms with Gasteiger partial charge < -0.3 is 20.4 Å². The van der Waals surface area contributed by atoms with Gasteiger partial charge in [-0.1, -0.05) is 6.92 Å². The van der Waals surface area contributed by atoms with Crippen molar-refractivity contribution >= 4 is 5.91 Å². The molecule has 1 aromatic rings. The van der Waals surface area contributed by atoms with Crippen LogP contribution in [-0.4, -0.2) is 41.8 Å². The van der Waals surface area contributed by atoms with Crippen LogP contribution >= 0.6 is 0 Å². The Bertz CT molecular complexity index is 398. The largest absolute Gasteiger partial charge is 0.380 e. The van der Waals surface area contributed by atoms with E-state index in [1.165, 1.54) is 0 Å². The monoisotopic (exact) mass is 238 g/mol. The highest BCUT2D eigenvalue weighted by Crippen LogP contribution is 2.24. The molecule has 3 N–H and O–H groups in total. The minimum absolute atomic E-state index is 0.265. The standard InChI is InChI=1S/C11H18N4O2/c1-11(7-17-8-11)6-13-2-4-15-5-3-14-10(15)9(12)16/h3,5,13H,2,4,6-8H2,1H3,(H2,12,16). The number of carbonyl (C=O) groups excluding carboxylic acids is 1.